The number of hydrogen-bond acceptors (Lipinski definition) is 6. The van der Waals surface area contributed by atoms with Crippen molar-refractivity contribution in [2.24, 2.45) is 0 Å². The number of aromatic nitrogens is 3. The Morgan fingerprint density at radius 2 is 1.72 bits per heavy atom. The van der Waals surface area contributed by atoms with Crippen LogP contribution in [0.4, 0.5) is 0 Å². The van der Waals surface area contributed by atoms with Gasteiger partial charge in [0.15, 0.2) is 17.3 Å². The van der Waals surface area contributed by atoms with Crippen LogP contribution in [0.5, 0.6) is 23.1 Å². The van der Waals surface area contributed by atoms with Crippen LogP contribution >= 0.6 is 0 Å². The monoisotopic (exact) mass is 339 g/mol. The molecule has 1 aromatic carbocycles. The molecule has 2 aromatic heterocycles. The molecule has 0 saturated heterocycles. The van der Waals surface area contributed by atoms with Gasteiger partial charge in [-0.15, -0.1) is 0 Å². The third-order valence-corrected chi connectivity index (χ3v) is 3.52. The quantitative estimate of drug-likeness (QED) is 0.743. The lowest BCUT2D eigenvalue weighted by molar-refractivity contribution is 0.340. The van der Waals surface area contributed by atoms with Crippen molar-refractivity contribution >= 4 is 12.2 Å². The molecule has 0 fully saturated rings. The zero-order valence-corrected chi connectivity index (χ0v) is 13.7. The van der Waals surface area contributed by atoms with Crippen LogP contribution in [0.3, 0.4) is 0 Å². The van der Waals surface area contributed by atoms with E-state index < -0.39 is 0 Å². The van der Waals surface area contributed by atoms with Gasteiger partial charge in [0.2, 0.25) is 11.6 Å². The van der Waals surface area contributed by atoms with Gasteiger partial charge in [0.25, 0.3) is 0 Å². The number of pyridine rings is 1. The van der Waals surface area contributed by atoms with Gasteiger partial charge >= 0.3 is 0 Å². The van der Waals surface area contributed by atoms with Crippen LogP contribution in [-0.4, -0.2) is 39.2 Å². The summed E-state index contributed by atoms with van der Waals surface area (Å²) in [5.41, 5.74) is 1.30. The number of benzene rings is 1. The largest absolute Gasteiger partial charge is 0.502 e. The molecule has 2 N–H and O–H groups in total. The molecule has 3 rings (SSSR count). The second kappa shape index (κ2) is 6.96. The van der Waals surface area contributed by atoms with Gasteiger partial charge in [-0.05, 0) is 35.9 Å². The Morgan fingerprint density at radius 1 is 1.00 bits per heavy atom. The van der Waals surface area contributed by atoms with Gasteiger partial charge in [0.1, 0.15) is 0 Å². The highest BCUT2D eigenvalue weighted by Crippen LogP contribution is 2.37. The van der Waals surface area contributed by atoms with E-state index >= 15 is 0 Å². The molecule has 2 heterocycles. The summed E-state index contributed by atoms with van der Waals surface area (Å²) in [4.78, 5) is 4.15. The van der Waals surface area contributed by atoms with Crippen molar-refractivity contribution in [2.45, 2.75) is 0 Å². The summed E-state index contributed by atoms with van der Waals surface area (Å²) >= 11 is 0. The van der Waals surface area contributed by atoms with Crippen molar-refractivity contribution in [3.05, 3.63) is 53.9 Å². The number of phenolic OH excluding ortho intramolecular Hbond substituents is 1. The molecule has 25 heavy (non-hydrogen) atoms. The topological polar surface area (TPSA) is 89.6 Å². The molecular formula is C18H17N3O4. The Balaban J connectivity index is 1.91. The first-order valence-corrected chi connectivity index (χ1v) is 7.46. The predicted molar refractivity (Wildman–Crippen MR) is 93.2 cm³/mol. The first-order chi connectivity index (χ1) is 12.1. The summed E-state index contributed by atoms with van der Waals surface area (Å²) in [7, 11) is 2.93. The van der Waals surface area contributed by atoms with Crippen LogP contribution in [0.25, 0.3) is 18.0 Å². The molecule has 0 amide bonds. The van der Waals surface area contributed by atoms with E-state index in [2.05, 4.69) is 10.1 Å². The summed E-state index contributed by atoms with van der Waals surface area (Å²) < 4.78 is 11.6. The molecule has 0 unspecified atom stereocenters. The fourth-order valence-corrected chi connectivity index (χ4v) is 2.31. The maximum absolute atomic E-state index is 10.0. The number of methoxy groups -OCH3 is 2. The van der Waals surface area contributed by atoms with E-state index in [9.17, 15) is 10.2 Å². The Morgan fingerprint density at radius 3 is 2.32 bits per heavy atom. The maximum Gasteiger partial charge on any atom is 0.216 e. The van der Waals surface area contributed by atoms with E-state index in [0.717, 1.165) is 5.56 Å². The van der Waals surface area contributed by atoms with Crippen molar-refractivity contribution in [1.29, 1.82) is 0 Å². The molecule has 7 heteroatoms. The summed E-state index contributed by atoms with van der Waals surface area (Å²) in [6, 6.07) is 10.2. The van der Waals surface area contributed by atoms with Gasteiger partial charge in [0.05, 0.1) is 19.9 Å². The van der Waals surface area contributed by atoms with Crippen LogP contribution in [0.2, 0.25) is 0 Å². The number of rotatable bonds is 5. The maximum atomic E-state index is 10.0. The normalized spacial score (nSPS) is 11.0. The second-order valence-electron chi connectivity index (χ2n) is 5.13. The fourth-order valence-electron chi connectivity index (χ4n) is 2.31. The third kappa shape index (κ3) is 3.40. The van der Waals surface area contributed by atoms with Crippen LogP contribution in [0.15, 0.2) is 42.6 Å². The van der Waals surface area contributed by atoms with Crippen LogP contribution in [0, 0.1) is 0 Å². The van der Waals surface area contributed by atoms with Crippen molar-refractivity contribution in [2.75, 3.05) is 14.2 Å². The van der Waals surface area contributed by atoms with Gasteiger partial charge in [-0.25, -0.2) is 4.98 Å². The molecule has 0 atom stereocenters. The van der Waals surface area contributed by atoms with E-state index in [0.29, 0.717) is 23.0 Å². The Hall–Kier alpha value is -3.48. The van der Waals surface area contributed by atoms with Crippen LogP contribution in [0.1, 0.15) is 11.3 Å². The molecule has 0 aliphatic rings. The molecule has 0 bridgehead atoms. The van der Waals surface area contributed by atoms with E-state index in [4.69, 9.17) is 9.47 Å². The zero-order chi connectivity index (χ0) is 17.8. The standard InChI is InChI=1S/C18H17N3O4/c1-24-14-9-12(10-15(25-2)18(14)23)6-7-13-11-17(22)21(20-13)16-5-3-4-8-19-16/h3-11,22-23H,1-2H3/b7-6+. The zero-order valence-electron chi connectivity index (χ0n) is 13.7. The van der Waals surface area contributed by atoms with Crippen molar-refractivity contribution in [3.63, 3.8) is 0 Å². The summed E-state index contributed by atoms with van der Waals surface area (Å²) in [5.74, 6) is 1.06. The average molecular weight is 339 g/mol. The van der Waals surface area contributed by atoms with E-state index in [-0.39, 0.29) is 11.6 Å². The number of hydrogen-bond donors (Lipinski definition) is 2. The highest BCUT2D eigenvalue weighted by atomic mass is 16.5. The van der Waals surface area contributed by atoms with E-state index in [1.807, 2.05) is 6.07 Å². The van der Waals surface area contributed by atoms with Crippen molar-refractivity contribution in [1.82, 2.24) is 14.8 Å². The summed E-state index contributed by atoms with van der Waals surface area (Å²) in [5, 5.41) is 24.3. The lowest BCUT2D eigenvalue weighted by Crippen LogP contribution is -1.98. The first kappa shape index (κ1) is 16.4. The smallest absolute Gasteiger partial charge is 0.216 e. The molecule has 0 radical (unpaired) electrons. The highest BCUT2D eigenvalue weighted by Gasteiger charge is 2.11. The first-order valence-electron chi connectivity index (χ1n) is 7.46. The van der Waals surface area contributed by atoms with E-state index in [1.54, 1.807) is 42.6 Å². The van der Waals surface area contributed by atoms with Crippen molar-refractivity contribution < 1.29 is 19.7 Å². The molecule has 7 nitrogen and oxygen atoms in total. The van der Waals surface area contributed by atoms with Gasteiger partial charge in [-0.3, -0.25) is 0 Å². The number of nitrogens with zero attached hydrogens (tertiary/aromatic N) is 3. The number of phenols is 1. The van der Waals surface area contributed by atoms with Crippen LogP contribution in [-0.2, 0) is 0 Å². The Bertz CT molecular complexity index is 879. The summed E-state index contributed by atoms with van der Waals surface area (Å²) in [6.07, 6.45) is 5.13. The minimum Gasteiger partial charge on any atom is -0.502 e. The van der Waals surface area contributed by atoms with Gasteiger partial charge in [-0.1, -0.05) is 12.1 Å². The molecule has 128 valence electrons. The van der Waals surface area contributed by atoms with E-state index in [1.165, 1.54) is 25.0 Å². The van der Waals surface area contributed by atoms with Gasteiger partial charge in [0, 0.05) is 12.3 Å². The lowest BCUT2D eigenvalue weighted by Gasteiger charge is -2.09. The Labute approximate surface area is 144 Å². The molecule has 0 aliphatic heterocycles. The number of ether oxygens (including phenoxy) is 2. The second-order valence-corrected chi connectivity index (χ2v) is 5.13. The van der Waals surface area contributed by atoms with Gasteiger partial charge < -0.3 is 19.7 Å². The molecule has 3 aromatic rings. The van der Waals surface area contributed by atoms with Gasteiger partial charge in [-0.2, -0.15) is 9.78 Å². The molecule has 0 aliphatic carbocycles. The lowest BCUT2D eigenvalue weighted by atomic mass is 10.1. The number of aromatic hydroxyl groups is 2. The minimum atomic E-state index is -0.0563. The molecule has 0 spiro atoms. The third-order valence-electron chi connectivity index (χ3n) is 3.52. The van der Waals surface area contributed by atoms with Crippen molar-refractivity contribution in [3.8, 4) is 28.9 Å². The van der Waals surface area contributed by atoms with Crippen LogP contribution < -0.4 is 9.47 Å². The SMILES string of the molecule is COc1cc(/C=C/c2cc(O)n(-c3ccccn3)n2)cc(OC)c1O. The Kier molecular flexibility index (Phi) is 4.56. The fraction of sp³-hybridized carbons (Fsp3) is 0.111. The average Bonchev–Trinajstić information content (AvgIpc) is 3.02. The minimum absolute atomic E-state index is 0.0146. The molecule has 0 saturated carbocycles. The highest BCUT2D eigenvalue weighted by molar-refractivity contribution is 5.71. The predicted octanol–water partition coefficient (Wildman–Crippen LogP) is 2.87. The molecular weight excluding hydrogens is 322 g/mol. The summed E-state index contributed by atoms with van der Waals surface area (Å²) in [6.45, 7) is 0.